The highest BCUT2D eigenvalue weighted by atomic mass is 16.5. The number of nitrogens with zero attached hydrogens (tertiary/aromatic N) is 1. The number of benzene rings is 3. The molecule has 34 heavy (non-hydrogen) atoms. The second kappa shape index (κ2) is 12.0. The molecule has 0 saturated heterocycles. The second-order valence-corrected chi connectivity index (χ2v) is 7.74. The summed E-state index contributed by atoms with van der Waals surface area (Å²) in [5.41, 5.74) is 3.82. The summed E-state index contributed by atoms with van der Waals surface area (Å²) in [6.07, 6.45) is 10.9. The molecular weight excluding hydrogens is 422 g/mol. The molecule has 0 N–H and O–H groups in total. The minimum Gasteiger partial charge on any atom is -0.488 e. The first-order chi connectivity index (χ1) is 16.5. The summed E-state index contributed by atoms with van der Waals surface area (Å²) in [4.78, 5) is 14.8. The van der Waals surface area contributed by atoms with Crippen molar-refractivity contribution in [2.45, 2.75) is 20.1 Å². The van der Waals surface area contributed by atoms with Crippen LogP contribution in [0.25, 0.3) is 5.57 Å². The maximum atomic E-state index is 13.4. The van der Waals surface area contributed by atoms with Crippen molar-refractivity contribution in [3.8, 4) is 36.2 Å². The number of allylic oxidation sites excluding steroid dienone is 1. The first-order valence-corrected chi connectivity index (χ1v) is 10.9. The zero-order valence-electron chi connectivity index (χ0n) is 19.3. The molecule has 0 atom stereocenters. The number of ether oxygens (including phenoxy) is 2. The van der Waals surface area contributed by atoms with Crippen LogP contribution in [0.5, 0.6) is 11.5 Å². The summed E-state index contributed by atoms with van der Waals surface area (Å²) < 4.78 is 12.3. The van der Waals surface area contributed by atoms with Gasteiger partial charge in [0.25, 0.3) is 5.91 Å². The average molecular weight is 450 g/mol. The van der Waals surface area contributed by atoms with Crippen LogP contribution in [0.3, 0.4) is 0 Å². The predicted molar refractivity (Wildman–Crippen MR) is 136 cm³/mol. The van der Waals surface area contributed by atoms with E-state index in [1.165, 1.54) is 4.90 Å². The molecule has 0 radical (unpaired) electrons. The molecule has 4 nitrogen and oxygen atoms in total. The summed E-state index contributed by atoms with van der Waals surface area (Å²) in [5.74, 6) is 5.65. The zero-order chi connectivity index (χ0) is 24.3. The highest BCUT2D eigenvalue weighted by Gasteiger charge is 2.22. The maximum absolute atomic E-state index is 13.4. The molecule has 3 aromatic rings. The molecule has 0 saturated carbocycles. The van der Waals surface area contributed by atoms with Crippen LogP contribution in [0.4, 0.5) is 0 Å². The fourth-order valence-corrected chi connectivity index (χ4v) is 3.36. The molecule has 0 spiro atoms. The Bertz CT molecular complexity index is 1200. The Morgan fingerprint density at radius 2 is 1.29 bits per heavy atom. The van der Waals surface area contributed by atoms with Crippen molar-refractivity contribution < 1.29 is 14.3 Å². The van der Waals surface area contributed by atoms with Crippen LogP contribution in [-0.2, 0) is 13.2 Å². The van der Waals surface area contributed by atoms with Crippen LogP contribution >= 0.6 is 0 Å². The van der Waals surface area contributed by atoms with Crippen LogP contribution in [-0.4, -0.2) is 23.9 Å². The summed E-state index contributed by atoms with van der Waals surface area (Å²) in [6, 6.07) is 23.1. The van der Waals surface area contributed by atoms with Crippen molar-refractivity contribution in [3.63, 3.8) is 0 Å². The van der Waals surface area contributed by atoms with Gasteiger partial charge in [0, 0.05) is 11.6 Å². The average Bonchev–Trinajstić information content (AvgIpc) is 2.86. The van der Waals surface area contributed by atoms with E-state index < -0.39 is 0 Å². The second-order valence-electron chi connectivity index (χ2n) is 7.74. The van der Waals surface area contributed by atoms with Gasteiger partial charge in [-0.2, -0.15) is 0 Å². The highest BCUT2D eigenvalue weighted by Crippen LogP contribution is 2.35. The third-order valence-corrected chi connectivity index (χ3v) is 5.10. The number of carbonyl (C=O) groups excluding carboxylic acids is 1. The molecule has 3 aromatic carbocycles. The van der Waals surface area contributed by atoms with Gasteiger partial charge >= 0.3 is 0 Å². The van der Waals surface area contributed by atoms with Crippen molar-refractivity contribution in [3.05, 3.63) is 102 Å². The third-order valence-electron chi connectivity index (χ3n) is 5.10. The van der Waals surface area contributed by atoms with Gasteiger partial charge in [-0.3, -0.25) is 4.79 Å². The fourth-order valence-electron chi connectivity index (χ4n) is 3.36. The van der Waals surface area contributed by atoms with E-state index in [4.69, 9.17) is 22.3 Å². The maximum Gasteiger partial charge on any atom is 0.259 e. The normalized spacial score (nSPS) is 9.97. The number of amides is 1. The number of terminal acetylenes is 2. The van der Waals surface area contributed by atoms with Crippen LogP contribution < -0.4 is 9.47 Å². The summed E-state index contributed by atoms with van der Waals surface area (Å²) >= 11 is 0. The molecule has 3 rings (SSSR count). The van der Waals surface area contributed by atoms with Gasteiger partial charge in [-0.1, -0.05) is 79.1 Å². The van der Waals surface area contributed by atoms with E-state index in [0.29, 0.717) is 29.2 Å². The Morgan fingerprint density at radius 1 is 0.824 bits per heavy atom. The summed E-state index contributed by atoms with van der Waals surface area (Å²) in [5, 5.41) is 0. The van der Waals surface area contributed by atoms with Gasteiger partial charge in [-0.05, 0) is 29.7 Å². The highest BCUT2D eigenvalue weighted by molar-refractivity contribution is 5.98. The molecule has 0 aliphatic carbocycles. The van der Waals surface area contributed by atoms with Gasteiger partial charge in [0.2, 0.25) is 0 Å². The molecule has 170 valence electrons. The molecular formula is C30H27NO3. The van der Waals surface area contributed by atoms with E-state index >= 15 is 0 Å². The Kier molecular flexibility index (Phi) is 8.55. The summed E-state index contributed by atoms with van der Waals surface area (Å²) in [6.45, 7) is 6.78. The number of hydrogen-bond acceptors (Lipinski definition) is 3. The molecule has 1 amide bonds. The lowest BCUT2D eigenvalue weighted by Crippen LogP contribution is -2.32. The zero-order valence-corrected chi connectivity index (χ0v) is 19.3. The van der Waals surface area contributed by atoms with E-state index in [2.05, 4.69) is 18.4 Å². The van der Waals surface area contributed by atoms with Crippen LogP contribution in [0.15, 0.2) is 79.4 Å². The van der Waals surface area contributed by atoms with E-state index in [-0.39, 0.29) is 25.6 Å². The number of carbonyl (C=O) groups is 1. The molecule has 0 aliphatic rings. The lowest BCUT2D eigenvalue weighted by molar-refractivity contribution is 0.0791. The van der Waals surface area contributed by atoms with Crippen molar-refractivity contribution >= 4 is 11.5 Å². The van der Waals surface area contributed by atoms with Gasteiger partial charge < -0.3 is 14.4 Å². The van der Waals surface area contributed by atoms with Gasteiger partial charge in [-0.15, -0.1) is 12.8 Å². The van der Waals surface area contributed by atoms with Gasteiger partial charge in [-0.25, -0.2) is 0 Å². The Balaban J connectivity index is 2.01. The van der Waals surface area contributed by atoms with Gasteiger partial charge in [0.1, 0.15) is 24.7 Å². The van der Waals surface area contributed by atoms with Gasteiger partial charge in [0.15, 0.2) is 0 Å². The number of hydrogen-bond donors (Lipinski definition) is 0. The standard InChI is InChI=1S/C30H27NO3/c1-5-17-31(18-6-2)30(32)27-19-26(23(3)4)28(33-21-24-13-9-7-10-14-24)20-29(27)34-22-25-15-11-8-12-16-25/h1-2,7-16,19-20H,3,17-18,21-22H2,4H3. The third kappa shape index (κ3) is 6.31. The Labute approximate surface area is 201 Å². The van der Waals surface area contributed by atoms with Gasteiger partial charge in [0.05, 0.1) is 18.7 Å². The van der Waals surface area contributed by atoms with Crippen LogP contribution in [0, 0.1) is 24.7 Å². The molecule has 0 bridgehead atoms. The quantitative estimate of drug-likeness (QED) is 0.379. The van der Waals surface area contributed by atoms with E-state index in [1.54, 1.807) is 12.1 Å². The van der Waals surface area contributed by atoms with Crippen molar-refractivity contribution in [2.75, 3.05) is 13.1 Å². The molecule has 4 heteroatoms. The molecule has 0 aromatic heterocycles. The molecule has 0 unspecified atom stereocenters. The number of rotatable bonds is 10. The largest absolute Gasteiger partial charge is 0.488 e. The van der Waals surface area contributed by atoms with E-state index in [9.17, 15) is 4.79 Å². The smallest absolute Gasteiger partial charge is 0.259 e. The first-order valence-electron chi connectivity index (χ1n) is 10.9. The molecule has 0 fully saturated rings. The lowest BCUT2D eigenvalue weighted by Gasteiger charge is -2.22. The lowest BCUT2D eigenvalue weighted by atomic mass is 10.0. The SMILES string of the molecule is C#CCN(CC#C)C(=O)c1cc(C(=C)C)c(OCc2ccccc2)cc1OCc1ccccc1. The molecule has 0 heterocycles. The Morgan fingerprint density at radius 3 is 1.74 bits per heavy atom. The van der Waals surface area contributed by atoms with Crippen LogP contribution in [0.1, 0.15) is 34.0 Å². The van der Waals surface area contributed by atoms with Crippen molar-refractivity contribution in [1.82, 2.24) is 4.90 Å². The summed E-state index contributed by atoms with van der Waals surface area (Å²) in [7, 11) is 0. The monoisotopic (exact) mass is 449 g/mol. The predicted octanol–water partition coefficient (Wildman–Crippen LogP) is 5.59. The van der Waals surface area contributed by atoms with E-state index in [1.807, 2.05) is 67.6 Å². The van der Waals surface area contributed by atoms with Crippen LogP contribution in [0.2, 0.25) is 0 Å². The van der Waals surface area contributed by atoms with Crippen molar-refractivity contribution in [2.24, 2.45) is 0 Å². The van der Waals surface area contributed by atoms with Crippen molar-refractivity contribution in [1.29, 1.82) is 0 Å². The minimum absolute atomic E-state index is 0.0931. The Hall–Kier alpha value is -4.41. The molecule has 0 aliphatic heterocycles. The van der Waals surface area contributed by atoms with E-state index in [0.717, 1.165) is 16.7 Å². The fraction of sp³-hybridized carbons (Fsp3) is 0.167. The first kappa shape index (κ1) is 24.2. The minimum atomic E-state index is -0.309. The topological polar surface area (TPSA) is 38.8 Å².